The molecule has 1 N–H and O–H groups in total. The van der Waals surface area contributed by atoms with Crippen LogP contribution >= 0.6 is 0 Å². The van der Waals surface area contributed by atoms with Gasteiger partial charge in [0.25, 0.3) is 0 Å². The number of hydrogen-bond donors (Lipinski definition) is 1. The van der Waals surface area contributed by atoms with E-state index in [1.54, 1.807) is 0 Å². The minimum atomic E-state index is 0.278. The second-order valence-corrected chi connectivity index (χ2v) is 6.25. The molecule has 1 unspecified atom stereocenters. The maximum atomic E-state index is 4.50. The molecule has 0 aliphatic rings. The van der Waals surface area contributed by atoms with Crippen molar-refractivity contribution >= 4 is 5.82 Å². The topological polar surface area (TPSA) is 24.9 Å². The molecule has 0 saturated carbocycles. The normalized spacial score (nSPS) is 14.0. The Labute approximate surface area is 128 Å². The smallest absolute Gasteiger partial charge is 0.129 e. The predicted octanol–water partition coefficient (Wildman–Crippen LogP) is 5.14. The van der Waals surface area contributed by atoms with Crippen LogP contribution in [0.25, 0.3) is 0 Å². The Morgan fingerprint density at radius 2 is 1.57 bits per heavy atom. The van der Waals surface area contributed by atoms with Gasteiger partial charge in [-0.15, -0.1) is 0 Å². The van der Waals surface area contributed by atoms with E-state index in [9.17, 15) is 0 Å². The van der Waals surface area contributed by atoms with Gasteiger partial charge in [-0.05, 0) is 48.4 Å². The van der Waals surface area contributed by atoms with Gasteiger partial charge in [-0.2, -0.15) is 0 Å². The maximum Gasteiger partial charge on any atom is 0.129 e. The summed E-state index contributed by atoms with van der Waals surface area (Å²) in [4.78, 5) is 4.50. The third-order valence-corrected chi connectivity index (χ3v) is 4.40. The van der Waals surface area contributed by atoms with Crippen molar-refractivity contribution < 1.29 is 0 Å². The van der Waals surface area contributed by atoms with Crippen LogP contribution in [0.1, 0.15) is 43.5 Å². The highest BCUT2D eigenvalue weighted by atomic mass is 15.0. The van der Waals surface area contributed by atoms with Crippen molar-refractivity contribution in [3.05, 3.63) is 59.3 Å². The highest BCUT2D eigenvalue weighted by molar-refractivity contribution is 5.46. The molecule has 2 nitrogen and oxygen atoms in total. The van der Waals surface area contributed by atoms with Crippen LogP contribution in [0.5, 0.6) is 0 Å². The summed E-state index contributed by atoms with van der Waals surface area (Å²) < 4.78 is 0. The Hall–Kier alpha value is -1.83. The molecular weight excluding hydrogens is 256 g/mol. The molecular formula is C19H26N2. The van der Waals surface area contributed by atoms with E-state index in [0.717, 1.165) is 5.82 Å². The van der Waals surface area contributed by atoms with E-state index >= 15 is 0 Å². The minimum Gasteiger partial charge on any atom is -0.363 e. The molecule has 2 aromatic rings. The van der Waals surface area contributed by atoms with Gasteiger partial charge in [-0.25, -0.2) is 4.98 Å². The van der Waals surface area contributed by atoms with E-state index in [4.69, 9.17) is 0 Å². The number of pyridine rings is 1. The van der Waals surface area contributed by atoms with Gasteiger partial charge in [-0.1, -0.05) is 51.1 Å². The van der Waals surface area contributed by atoms with Gasteiger partial charge in [0.15, 0.2) is 0 Å². The number of aryl methyl sites for hydroxylation is 2. The molecule has 2 rings (SSSR count). The lowest BCUT2D eigenvalue weighted by molar-refractivity contribution is 0.367. The summed E-state index contributed by atoms with van der Waals surface area (Å²) in [6.45, 7) is 11.2. The summed E-state index contributed by atoms with van der Waals surface area (Å²) >= 11 is 0. The molecule has 1 heterocycles. The van der Waals surface area contributed by atoms with Crippen LogP contribution in [-0.4, -0.2) is 4.98 Å². The van der Waals surface area contributed by atoms with E-state index in [1.165, 1.54) is 16.7 Å². The van der Waals surface area contributed by atoms with Crippen LogP contribution in [0, 0.1) is 25.7 Å². The van der Waals surface area contributed by atoms with Gasteiger partial charge in [0.1, 0.15) is 5.82 Å². The second kappa shape index (κ2) is 6.75. The molecule has 2 atom stereocenters. The summed E-state index contributed by atoms with van der Waals surface area (Å²) in [7, 11) is 0. The standard InChI is InChI=1S/C19H26N2/c1-13(2)16(5)18(17-11-7-6-9-14(17)3)21-19-15(4)10-8-12-20-19/h6-13,16,18H,1-5H3,(H,20,21)/t16-,18?/m0/s1. The van der Waals surface area contributed by atoms with Crippen LogP contribution < -0.4 is 5.32 Å². The zero-order valence-corrected chi connectivity index (χ0v) is 13.7. The SMILES string of the molecule is Cc1ccccc1C(Nc1ncccc1C)[C@@H](C)C(C)C. The molecule has 2 heteroatoms. The lowest BCUT2D eigenvalue weighted by Gasteiger charge is -2.30. The molecule has 0 aliphatic heterocycles. The summed E-state index contributed by atoms with van der Waals surface area (Å²) in [5.74, 6) is 2.11. The predicted molar refractivity (Wildman–Crippen MR) is 90.5 cm³/mol. The third kappa shape index (κ3) is 3.63. The third-order valence-electron chi connectivity index (χ3n) is 4.40. The van der Waals surface area contributed by atoms with Gasteiger partial charge < -0.3 is 5.32 Å². The largest absolute Gasteiger partial charge is 0.363 e. The van der Waals surface area contributed by atoms with Crippen molar-refractivity contribution in [2.45, 2.75) is 40.7 Å². The summed E-state index contributed by atoms with van der Waals surface area (Å²) in [6, 6.07) is 13.0. The van der Waals surface area contributed by atoms with Gasteiger partial charge >= 0.3 is 0 Å². The highest BCUT2D eigenvalue weighted by Gasteiger charge is 2.24. The molecule has 1 aromatic carbocycles. The first-order chi connectivity index (χ1) is 10.0. The molecule has 21 heavy (non-hydrogen) atoms. The number of aromatic nitrogens is 1. The Bertz CT molecular complexity index is 590. The number of hydrogen-bond acceptors (Lipinski definition) is 2. The number of benzene rings is 1. The van der Waals surface area contributed by atoms with Gasteiger partial charge in [0.2, 0.25) is 0 Å². The zero-order valence-electron chi connectivity index (χ0n) is 13.7. The molecule has 0 radical (unpaired) electrons. The van der Waals surface area contributed by atoms with Gasteiger partial charge in [0.05, 0.1) is 6.04 Å². The Morgan fingerprint density at radius 1 is 0.905 bits per heavy atom. The van der Waals surface area contributed by atoms with Crippen LogP contribution in [0.15, 0.2) is 42.6 Å². The summed E-state index contributed by atoms with van der Waals surface area (Å²) in [5.41, 5.74) is 3.88. The molecule has 0 saturated heterocycles. The summed E-state index contributed by atoms with van der Waals surface area (Å²) in [5, 5.41) is 3.67. The average Bonchev–Trinajstić information content (AvgIpc) is 2.46. The Kier molecular flexibility index (Phi) is 5.00. The monoisotopic (exact) mass is 282 g/mol. The van der Waals surface area contributed by atoms with E-state index in [-0.39, 0.29) is 6.04 Å². The molecule has 0 spiro atoms. The highest BCUT2D eigenvalue weighted by Crippen LogP contribution is 2.33. The van der Waals surface area contributed by atoms with E-state index in [2.05, 4.69) is 75.3 Å². The van der Waals surface area contributed by atoms with Gasteiger partial charge in [-0.3, -0.25) is 0 Å². The van der Waals surface area contributed by atoms with Crippen LogP contribution in [-0.2, 0) is 0 Å². The van der Waals surface area contributed by atoms with E-state index in [0.29, 0.717) is 11.8 Å². The molecule has 0 fully saturated rings. The molecule has 0 amide bonds. The first kappa shape index (κ1) is 15.6. The first-order valence-corrected chi connectivity index (χ1v) is 7.74. The number of nitrogens with zero attached hydrogens (tertiary/aromatic N) is 1. The number of nitrogens with one attached hydrogen (secondary N) is 1. The van der Waals surface area contributed by atoms with E-state index in [1.807, 2.05) is 12.3 Å². The number of anilines is 1. The average molecular weight is 282 g/mol. The Balaban J connectivity index is 2.38. The second-order valence-electron chi connectivity index (χ2n) is 6.25. The fourth-order valence-electron chi connectivity index (χ4n) is 2.60. The van der Waals surface area contributed by atoms with Crippen LogP contribution in [0.4, 0.5) is 5.82 Å². The zero-order chi connectivity index (χ0) is 15.4. The fraction of sp³-hybridized carbons (Fsp3) is 0.421. The first-order valence-electron chi connectivity index (χ1n) is 7.74. The summed E-state index contributed by atoms with van der Waals surface area (Å²) in [6.07, 6.45) is 1.85. The quantitative estimate of drug-likeness (QED) is 0.821. The fourth-order valence-corrected chi connectivity index (χ4v) is 2.60. The molecule has 112 valence electrons. The van der Waals surface area contributed by atoms with Crippen LogP contribution in [0.3, 0.4) is 0 Å². The molecule has 0 bridgehead atoms. The molecule has 0 aliphatic carbocycles. The lowest BCUT2D eigenvalue weighted by atomic mass is 9.84. The van der Waals surface area contributed by atoms with Crippen molar-refractivity contribution in [2.75, 3.05) is 5.32 Å². The van der Waals surface area contributed by atoms with Crippen molar-refractivity contribution in [1.82, 2.24) is 4.98 Å². The van der Waals surface area contributed by atoms with Crippen molar-refractivity contribution in [3.8, 4) is 0 Å². The Morgan fingerprint density at radius 3 is 2.19 bits per heavy atom. The van der Waals surface area contributed by atoms with Gasteiger partial charge in [0, 0.05) is 6.20 Å². The van der Waals surface area contributed by atoms with Crippen LogP contribution in [0.2, 0.25) is 0 Å². The lowest BCUT2D eigenvalue weighted by Crippen LogP contribution is -2.24. The maximum absolute atomic E-state index is 4.50. The number of rotatable bonds is 5. The van der Waals surface area contributed by atoms with E-state index < -0.39 is 0 Å². The van der Waals surface area contributed by atoms with Crippen molar-refractivity contribution in [1.29, 1.82) is 0 Å². The van der Waals surface area contributed by atoms with Crippen molar-refractivity contribution in [2.24, 2.45) is 11.8 Å². The molecule has 1 aromatic heterocycles. The van der Waals surface area contributed by atoms with Crippen molar-refractivity contribution in [3.63, 3.8) is 0 Å². The minimum absolute atomic E-state index is 0.278.